The van der Waals surface area contributed by atoms with E-state index in [4.69, 9.17) is 0 Å². The molecule has 1 fully saturated rings. The zero-order valence-corrected chi connectivity index (χ0v) is 15.5. The smallest absolute Gasteiger partial charge is 0.254 e. The molecule has 3 aromatic rings. The maximum Gasteiger partial charge on any atom is 0.254 e. The highest BCUT2D eigenvalue weighted by Crippen LogP contribution is 2.20. The van der Waals surface area contributed by atoms with Gasteiger partial charge in [-0.05, 0) is 43.4 Å². The second kappa shape index (κ2) is 7.41. The van der Waals surface area contributed by atoms with Gasteiger partial charge in [-0.1, -0.05) is 31.2 Å². The Morgan fingerprint density at radius 2 is 2.08 bits per heavy atom. The van der Waals surface area contributed by atoms with E-state index in [9.17, 15) is 0 Å². The van der Waals surface area contributed by atoms with Crippen molar-refractivity contribution in [2.75, 3.05) is 18.4 Å². The molecular weight excluding hydrogens is 324 g/mol. The molecule has 1 N–H and O–H groups in total. The number of aromatic nitrogens is 4. The van der Waals surface area contributed by atoms with Crippen LogP contribution < -0.4 is 5.32 Å². The van der Waals surface area contributed by atoms with Crippen molar-refractivity contribution in [1.82, 2.24) is 24.5 Å². The molecule has 6 heteroatoms. The van der Waals surface area contributed by atoms with E-state index in [-0.39, 0.29) is 0 Å². The molecule has 1 aliphatic rings. The second-order valence-corrected chi connectivity index (χ2v) is 7.36. The third-order valence-electron chi connectivity index (χ3n) is 5.09. The van der Waals surface area contributed by atoms with Crippen LogP contribution in [0.1, 0.15) is 36.6 Å². The monoisotopic (exact) mass is 350 g/mol. The molecular formula is C20H26N6. The van der Waals surface area contributed by atoms with Gasteiger partial charge in [0.1, 0.15) is 12.1 Å². The van der Waals surface area contributed by atoms with E-state index in [1.807, 2.05) is 13.0 Å². The summed E-state index contributed by atoms with van der Waals surface area (Å²) in [4.78, 5) is 11.2. The van der Waals surface area contributed by atoms with Crippen LogP contribution >= 0.6 is 0 Å². The minimum absolute atomic E-state index is 0.628. The summed E-state index contributed by atoms with van der Waals surface area (Å²) >= 11 is 0. The maximum absolute atomic E-state index is 4.40. The molecule has 136 valence electrons. The third kappa shape index (κ3) is 3.70. The van der Waals surface area contributed by atoms with E-state index in [2.05, 4.69) is 56.5 Å². The molecule has 1 unspecified atom stereocenters. The molecule has 4 rings (SSSR count). The van der Waals surface area contributed by atoms with Gasteiger partial charge in [0, 0.05) is 31.4 Å². The van der Waals surface area contributed by atoms with Crippen LogP contribution in [0.4, 0.5) is 5.82 Å². The van der Waals surface area contributed by atoms with Crippen LogP contribution in [0.2, 0.25) is 0 Å². The molecule has 2 aromatic heterocycles. The molecule has 1 aromatic carbocycles. The average molecular weight is 350 g/mol. The first-order valence-corrected chi connectivity index (χ1v) is 9.39. The van der Waals surface area contributed by atoms with Crippen LogP contribution in [0.5, 0.6) is 0 Å². The Hall–Kier alpha value is -2.47. The fourth-order valence-corrected chi connectivity index (χ4v) is 3.80. The zero-order valence-electron chi connectivity index (χ0n) is 15.5. The summed E-state index contributed by atoms with van der Waals surface area (Å²) in [6.45, 7) is 8.52. The van der Waals surface area contributed by atoms with E-state index < -0.39 is 0 Å². The van der Waals surface area contributed by atoms with E-state index in [0.717, 1.165) is 30.5 Å². The summed E-state index contributed by atoms with van der Waals surface area (Å²) in [6.07, 6.45) is 4.20. The van der Waals surface area contributed by atoms with Gasteiger partial charge in [0.2, 0.25) is 0 Å². The number of nitrogens with one attached hydrogen (secondary N) is 1. The predicted octanol–water partition coefficient (Wildman–Crippen LogP) is 3.28. The molecule has 3 heterocycles. The highest BCUT2D eigenvalue weighted by Gasteiger charge is 2.17. The van der Waals surface area contributed by atoms with Crippen molar-refractivity contribution in [3.63, 3.8) is 0 Å². The maximum atomic E-state index is 4.40. The van der Waals surface area contributed by atoms with Crippen molar-refractivity contribution in [2.24, 2.45) is 5.92 Å². The molecule has 1 atom stereocenters. The predicted molar refractivity (Wildman–Crippen MR) is 103 cm³/mol. The van der Waals surface area contributed by atoms with Crippen LogP contribution in [0.3, 0.4) is 0 Å². The molecule has 26 heavy (non-hydrogen) atoms. The lowest BCUT2D eigenvalue weighted by molar-refractivity contribution is 0.176. The number of anilines is 1. The van der Waals surface area contributed by atoms with E-state index >= 15 is 0 Å². The van der Waals surface area contributed by atoms with E-state index in [1.165, 1.54) is 37.1 Å². The van der Waals surface area contributed by atoms with Crippen molar-refractivity contribution in [3.05, 3.63) is 53.5 Å². The van der Waals surface area contributed by atoms with E-state index in [1.54, 1.807) is 10.8 Å². The van der Waals surface area contributed by atoms with Crippen LogP contribution in [0.15, 0.2) is 36.7 Å². The molecule has 0 bridgehead atoms. The Morgan fingerprint density at radius 1 is 1.23 bits per heavy atom. The Balaban J connectivity index is 1.50. The standard InChI is InChI=1S/C20H26N6/c1-15-6-5-9-25(12-15)13-18-8-4-3-7-17(18)11-21-19-10-16(2)24-20-22-14-23-26(19)20/h3-4,7-8,10,14-15,21H,5-6,9,11-13H2,1-2H3. The van der Waals surface area contributed by atoms with Gasteiger partial charge in [0.15, 0.2) is 0 Å². The minimum atomic E-state index is 0.628. The topological polar surface area (TPSA) is 58.4 Å². The number of rotatable bonds is 5. The zero-order chi connectivity index (χ0) is 17.9. The van der Waals surface area contributed by atoms with Crippen molar-refractivity contribution in [2.45, 2.75) is 39.8 Å². The number of hydrogen-bond donors (Lipinski definition) is 1. The van der Waals surface area contributed by atoms with Crippen molar-refractivity contribution in [1.29, 1.82) is 0 Å². The normalized spacial score (nSPS) is 18.3. The Kier molecular flexibility index (Phi) is 4.84. The first-order chi connectivity index (χ1) is 12.7. The van der Waals surface area contributed by atoms with Crippen LogP contribution in [-0.4, -0.2) is 37.6 Å². The second-order valence-electron chi connectivity index (χ2n) is 7.36. The lowest BCUT2D eigenvalue weighted by atomic mass is 9.99. The highest BCUT2D eigenvalue weighted by atomic mass is 15.3. The molecule has 0 saturated carbocycles. The van der Waals surface area contributed by atoms with Gasteiger partial charge in [0.25, 0.3) is 5.78 Å². The summed E-state index contributed by atoms with van der Waals surface area (Å²) in [5.74, 6) is 2.35. The molecule has 6 nitrogen and oxygen atoms in total. The van der Waals surface area contributed by atoms with Crippen molar-refractivity contribution in [3.8, 4) is 0 Å². The molecule has 0 radical (unpaired) electrons. The third-order valence-corrected chi connectivity index (χ3v) is 5.09. The molecule has 0 spiro atoms. The number of aryl methyl sites for hydroxylation is 1. The Bertz CT molecular complexity index is 887. The minimum Gasteiger partial charge on any atom is -0.366 e. The van der Waals surface area contributed by atoms with Crippen LogP contribution in [-0.2, 0) is 13.1 Å². The first-order valence-electron chi connectivity index (χ1n) is 9.39. The average Bonchev–Trinajstić information content (AvgIpc) is 3.09. The van der Waals surface area contributed by atoms with Crippen molar-refractivity contribution < 1.29 is 0 Å². The van der Waals surface area contributed by atoms with Gasteiger partial charge >= 0.3 is 0 Å². The Morgan fingerprint density at radius 3 is 2.92 bits per heavy atom. The number of fused-ring (bicyclic) bond motifs is 1. The number of piperidine rings is 1. The summed E-state index contributed by atoms with van der Waals surface area (Å²) in [6, 6.07) is 10.7. The van der Waals surface area contributed by atoms with Crippen molar-refractivity contribution >= 4 is 11.6 Å². The molecule has 1 aliphatic heterocycles. The molecule has 0 amide bonds. The van der Waals surface area contributed by atoms with Gasteiger partial charge in [-0.3, -0.25) is 4.90 Å². The van der Waals surface area contributed by atoms with Crippen LogP contribution in [0.25, 0.3) is 5.78 Å². The summed E-state index contributed by atoms with van der Waals surface area (Å²) in [5.41, 5.74) is 3.66. The SMILES string of the molecule is Cc1cc(NCc2ccccc2CN2CCCC(C)C2)n2ncnc2n1. The largest absolute Gasteiger partial charge is 0.366 e. The number of nitrogens with zero attached hydrogens (tertiary/aromatic N) is 5. The van der Waals surface area contributed by atoms with Gasteiger partial charge in [0.05, 0.1) is 0 Å². The number of benzene rings is 1. The molecule has 0 aliphatic carbocycles. The lowest BCUT2D eigenvalue weighted by Crippen LogP contribution is -2.34. The number of hydrogen-bond acceptors (Lipinski definition) is 5. The van der Waals surface area contributed by atoms with Gasteiger partial charge in [-0.25, -0.2) is 4.98 Å². The lowest BCUT2D eigenvalue weighted by Gasteiger charge is -2.31. The summed E-state index contributed by atoms with van der Waals surface area (Å²) < 4.78 is 1.75. The van der Waals surface area contributed by atoms with Crippen LogP contribution in [0, 0.1) is 12.8 Å². The van der Waals surface area contributed by atoms with Gasteiger partial charge in [-0.2, -0.15) is 14.6 Å². The van der Waals surface area contributed by atoms with E-state index in [0.29, 0.717) is 5.78 Å². The van der Waals surface area contributed by atoms with Gasteiger partial charge < -0.3 is 5.32 Å². The first kappa shape index (κ1) is 17.0. The summed E-state index contributed by atoms with van der Waals surface area (Å²) in [7, 11) is 0. The van der Waals surface area contributed by atoms with Gasteiger partial charge in [-0.15, -0.1) is 0 Å². The summed E-state index contributed by atoms with van der Waals surface area (Å²) in [5, 5.41) is 7.79. The Labute approximate surface area is 154 Å². The fraction of sp³-hybridized carbons (Fsp3) is 0.450. The number of likely N-dealkylation sites (tertiary alicyclic amines) is 1. The fourth-order valence-electron chi connectivity index (χ4n) is 3.80. The molecule has 1 saturated heterocycles. The quantitative estimate of drug-likeness (QED) is 0.765. The highest BCUT2D eigenvalue weighted by molar-refractivity contribution is 5.45.